The Morgan fingerprint density at radius 2 is 1.95 bits per heavy atom. The van der Waals surface area contributed by atoms with Crippen LogP contribution in [0.15, 0.2) is 29.2 Å². The van der Waals surface area contributed by atoms with Crippen molar-refractivity contribution in [1.29, 1.82) is 0 Å². The van der Waals surface area contributed by atoms with E-state index >= 15 is 0 Å². The van der Waals surface area contributed by atoms with Gasteiger partial charge in [0, 0.05) is 30.7 Å². The molecule has 1 amide bonds. The summed E-state index contributed by atoms with van der Waals surface area (Å²) in [5.41, 5.74) is 2.44. The van der Waals surface area contributed by atoms with Crippen LogP contribution in [0.5, 0.6) is 0 Å². The molecule has 0 radical (unpaired) electrons. The number of aromatic nitrogens is 1. The molecule has 1 atom stereocenters. The molecule has 4 rings (SSSR count). The highest BCUT2D eigenvalue weighted by Gasteiger charge is 2.26. The minimum absolute atomic E-state index is 0.0974. The first-order chi connectivity index (χ1) is 10.7. The second-order valence-electron chi connectivity index (χ2n) is 6.50. The van der Waals surface area contributed by atoms with Crippen molar-refractivity contribution in [3.8, 4) is 0 Å². The average Bonchev–Trinajstić information content (AvgIpc) is 2.87. The number of hydrogen-bond acceptors (Lipinski definition) is 2. The predicted octanol–water partition coefficient (Wildman–Crippen LogP) is 2.74. The van der Waals surface area contributed by atoms with Gasteiger partial charge in [-0.2, -0.15) is 0 Å². The number of benzene rings is 1. The summed E-state index contributed by atoms with van der Waals surface area (Å²) in [4.78, 5) is 27.4. The van der Waals surface area contributed by atoms with Gasteiger partial charge < -0.3 is 9.47 Å². The van der Waals surface area contributed by atoms with Crippen LogP contribution >= 0.6 is 0 Å². The van der Waals surface area contributed by atoms with Gasteiger partial charge >= 0.3 is 0 Å². The Morgan fingerprint density at radius 1 is 1.18 bits per heavy atom. The van der Waals surface area contributed by atoms with E-state index in [4.69, 9.17) is 0 Å². The van der Waals surface area contributed by atoms with E-state index in [9.17, 15) is 9.59 Å². The fraction of sp³-hybridized carbons (Fsp3) is 0.444. The third-order valence-electron chi connectivity index (χ3n) is 5.00. The van der Waals surface area contributed by atoms with Crippen LogP contribution < -0.4 is 5.43 Å². The molecular formula is C18H20N2O2. The molecule has 0 saturated carbocycles. The molecule has 1 fully saturated rings. The Balaban J connectivity index is 1.88. The van der Waals surface area contributed by atoms with Crippen molar-refractivity contribution < 1.29 is 4.79 Å². The number of likely N-dealkylation sites (tertiary alicyclic amines) is 1. The minimum atomic E-state index is -0.113. The number of rotatable bonds is 1. The number of nitrogens with zero attached hydrogens (tertiary/aromatic N) is 2. The highest BCUT2D eigenvalue weighted by molar-refractivity contribution is 5.98. The molecule has 4 nitrogen and oxygen atoms in total. The van der Waals surface area contributed by atoms with Crippen molar-refractivity contribution in [1.82, 2.24) is 9.47 Å². The lowest BCUT2D eigenvalue weighted by Gasteiger charge is -2.27. The Labute approximate surface area is 129 Å². The fourth-order valence-corrected chi connectivity index (χ4v) is 3.84. The van der Waals surface area contributed by atoms with E-state index in [0.29, 0.717) is 17.0 Å². The topological polar surface area (TPSA) is 42.3 Å². The number of carbonyl (C=O) groups is 1. The molecule has 1 aromatic carbocycles. The fourth-order valence-electron chi connectivity index (χ4n) is 3.84. The molecule has 2 aliphatic heterocycles. The van der Waals surface area contributed by atoms with Crippen LogP contribution in [0.3, 0.4) is 0 Å². The Bertz CT molecular complexity index is 816. The number of carbonyl (C=O) groups excluding carboxylic acids is 1. The Hall–Kier alpha value is -2.10. The van der Waals surface area contributed by atoms with E-state index in [0.717, 1.165) is 37.9 Å². The van der Waals surface area contributed by atoms with Crippen molar-refractivity contribution in [3.05, 3.63) is 45.7 Å². The van der Waals surface area contributed by atoms with Gasteiger partial charge in [0.05, 0.1) is 5.52 Å². The van der Waals surface area contributed by atoms with Gasteiger partial charge in [0.1, 0.15) is 5.56 Å². The Morgan fingerprint density at radius 3 is 2.73 bits per heavy atom. The third-order valence-corrected chi connectivity index (χ3v) is 5.00. The van der Waals surface area contributed by atoms with Crippen molar-refractivity contribution in [2.45, 2.75) is 38.6 Å². The summed E-state index contributed by atoms with van der Waals surface area (Å²) < 4.78 is 2.11. The maximum atomic E-state index is 12.8. The van der Waals surface area contributed by atoms with Crippen molar-refractivity contribution in [2.75, 3.05) is 13.1 Å². The third kappa shape index (κ3) is 1.90. The summed E-state index contributed by atoms with van der Waals surface area (Å²) >= 11 is 0. The van der Waals surface area contributed by atoms with E-state index in [1.807, 2.05) is 17.0 Å². The zero-order chi connectivity index (χ0) is 15.3. The smallest absolute Gasteiger partial charge is 0.259 e. The second-order valence-corrected chi connectivity index (χ2v) is 6.50. The number of hydrogen-bond donors (Lipinski definition) is 0. The number of para-hydroxylation sites is 1. The monoisotopic (exact) mass is 296 g/mol. The lowest BCUT2D eigenvalue weighted by atomic mass is 10.1. The van der Waals surface area contributed by atoms with Crippen molar-refractivity contribution >= 4 is 16.8 Å². The summed E-state index contributed by atoms with van der Waals surface area (Å²) in [5.74, 6) is -0.0974. The zero-order valence-corrected chi connectivity index (χ0v) is 12.8. The lowest BCUT2D eigenvalue weighted by molar-refractivity contribution is 0.0722. The summed E-state index contributed by atoms with van der Waals surface area (Å²) in [5, 5.41) is 0.685. The van der Waals surface area contributed by atoms with E-state index in [1.165, 1.54) is 12.0 Å². The minimum Gasteiger partial charge on any atom is -0.343 e. The van der Waals surface area contributed by atoms with Gasteiger partial charge in [-0.25, -0.2) is 0 Å². The van der Waals surface area contributed by atoms with Crippen LogP contribution in [0.1, 0.15) is 48.1 Å². The van der Waals surface area contributed by atoms with Crippen LogP contribution in [-0.2, 0) is 6.42 Å². The van der Waals surface area contributed by atoms with Gasteiger partial charge in [-0.1, -0.05) is 12.1 Å². The molecule has 2 aromatic rings. The molecule has 0 bridgehead atoms. The zero-order valence-electron chi connectivity index (χ0n) is 12.8. The molecule has 4 heteroatoms. The van der Waals surface area contributed by atoms with E-state index in [1.54, 1.807) is 6.20 Å². The van der Waals surface area contributed by atoms with Gasteiger partial charge in [-0.3, -0.25) is 9.59 Å². The Kier molecular flexibility index (Phi) is 3.06. The number of amides is 1. The molecule has 1 aromatic heterocycles. The quantitative estimate of drug-likeness (QED) is 0.812. The predicted molar refractivity (Wildman–Crippen MR) is 86.4 cm³/mol. The molecule has 0 spiro atoms. The number of piperidine rings is 1. The van der Waals surface area contributed by atoms with Crippen LogP contribution in [0, 0.1) is 0 Å². The maximum absolute atomic E-state index is 12.8. The first-order valence-corrected chi connectivity index (χ1v) is 8.13. The second kappa shape index (κ2) is 4.97. The van der Waals surface area contributed by atoms with Gasteiger partial charge in [0.2, 0.25) is 5.43 Å². The van der Waals surface area contributed by atoms with Crippen LogP contribution in [-0.4, -0.2) is 28.5 Å². The molecule has 3 heterocycles. The van der Waals surface area contributed by atoms with E-state index in [-0.39, 0.29) is 11.3 Å². The molecule has 22 heavy (non-hydrogen) atoms. The maximum Gasteiger partial charge on any atom is 0.259 e. The largest absolute Gasteiger partial charge is 0.343 e. The first-order valence-electron chi connectivity index (χ1n) is 8.13. The van der Waals surface area contributed by atoms with E-state index < -0.39 is 0 Å². The highest BCUT2D eigenvalue weighted by Crippen LogP contribution is 2.31. The van der Waals surface area contributed by atoms with Gasteiger partial charge in [-0.15, -0.1) is 0 Å². The van der Waals surface area contributed by atoms with Gasteiger partial charge in [0.15, 0.2) is 0 Å². The lowest BCUT2D eigenvalue weighted by Crippen LogP contribution is -2.38. The standard InChI is InChI=1S/C18H20N2O2/c1-12-10-13-6-5-7-14-16(13)20(12)11-15(17(14)21)18(22)19-8-3-2-4-9-19/h5-7,11-12H,2-4,8-10H2,1H3. The number of pyridine rings is 1. The normalized spacial score (nSPS) is 20.6. The molecule has 0 aliphatic carbocycles. The first kappa shape index (κ1) is 13.6. The highest BCUT2D eigenvalue weighted by atomic mass is 16.2. The molecule has 2 aliphatic rings. The summed E-state index contributed by atoms with van der Waals surface area (Å²) in [6.45, 7) is 3.68. The van der Waals surface area contributed by atoms with Gasteiger partial charge in [0.25, 0.3) is 5.91 Å². The summed E-state index contributed by atoms with van der Waals surface area (Å²) in [7, 11) is 0. The summed E-state index contributed by atoms with van der Waals surface area (Å²) in [6.07, 6.45) is 5.97. The van der Waals surface area contributed by atoms with Crippen LogP contribution in [0.25, 0.3) is 10.9 Å². The molecule has 1 unspecified atom stereocenters. The molecular weight excluding hydrogens is 276 g/mol. The SMILES string of the molecule is CC1Cc2cccc3c(=O)c(C(=O)N4CCCCC4)cn1c23. The summed E-state index contributed by atoms with van der Waals surface area (Å²) in [6, 6.07) is 6.15. The molecule has 0 N–H and O–H groups in total. The molecule has 114 valence electrons. The molecule has 1 saturated heterocycles. The van der Waals surface area contributed by atoms with Crippen LogP contribution in [0.4, 0.5) is 0 Å². The van der Waals surface area contributed by atoms with Crippen LogP contribution in [0.2, 0.25) is 0 Å². The van der Waals surface area contributed by atoms with Crippen molar-refractivity contribution in [2.24, 2.45) is 0 Å². The van der Waals surface area contributed by atoms with E-state index in [2.05, 4.69) is 17.6 Å². The van der Waals surface area contributed by atoms with Gasteiger partial charge in [-0.05, 0) is 44.2 Å². The van der Waals surface area contributed by atoms with Crippen molar-refractivity contribution in [3.63, 3.8) is 0 Å². The average molecular weight is 296 g/mol.